The number of thiocarbonyl (C=S) groups is 1. The minimum Gasteiger partial charge on any atom is -0.375 e. The highest BCUT2D eigenvalue weighted by atomic mass is 32.2. The smallest absolute Gasteiger partial charge is 0.228 e. The second-order valence-corrected chi connectivity index (χ2v) is 4.55. The van der Waals surface area contributed by atoms with Crippen LogP contribution in [0.5, 0.6) is 0 Å². The van der Waals surface area contributed by atoms with Crippen LogP contribution >= 0.6 is 12.2 Å². The predicted molar refractivity (Wildman–Crippen MR) is 51.8 cm³/mol. The fourth-order valence-corrected chi connectivity index (χ4v) is 1.67. The summed E-state index contributed by atoms with van der Waals surface area (Å²) < 4.78 is 22.0. The van der Waals surface area contributed by atoms with Crippen molar-refractivity contribution in [3.05, 3.63) is 0 Å². The number of hydrogen-bond acceptors (Lipinski definition) is 3. The first kappa shape index (κ1) is 11.6. The highest BCUT2D eigenvalue weighted by Crippen LogP contribution is 1.91. The lowest BCUT2D eigenvalue weighted by molar-refractivity contribution is 0.574. The quantitative estimate of drug-likeness (QED) is 0.420. The number of nitrogens with one attached hydrogen (secondary N) is 2. The Morgan fingerprint density at radius 3 is 2.58 bits per heavy atom. The number of rotatable bonds is 5. The fraction of sp³-hybridized carbons (Fsp3) is 0.800. The zero-order valence-corrected chi connectivity index (χ0v) is 8.46. The Bertz CT molecular complexity index is 237. The third-order valence-corrected chi connectivity index (χ3v) is 2.44. The molecule has 0 saturated carbocycles. The van der Waals surface area contributed by atoms with Gasteiger partial charge in [-0.1, -0.05) is 13.3 Å². The lowest BCUT2D eigenvalue weighted by Crippen LogP contribution is -2.45. The lowest BCUT2D eigenvalue weighted by atomic mass is 10.4. The monoisotopic (exact) mass is 211 g/mol. The molecule has 0 heterocycles. The van der Waals surface area contributed by atoms with Gasteiger partial charge in [0.1, 0.15) is 0 Å². The number of hydrazine groups is 1. The van der Waals surface area contributed by atoms with E-state index in [2.05, 4.69) is 17.6 Å². The van der Waals surface area contributed by atoms with Crippen LogP contribution in [0.3, 0.4) is 0 Å². The van der Waals surface area contributed by atoms with Gasteiger partial charge in [-0.15, -0.1) is 4.83 Å². The van der Waals surface area contributed by atoms with E-state index in [0.29, 0.717) is 6.42 Å². The Morgan fingerprint density at radius 1 is 1.58 bits per heavy atom. The zero-order valence-electron chi connectivity index (χ0n) is 6.83. The Kier molecular flexibility index (Phi) is 5.11. The first-order chi connectivity index (χ1) is 5.48. The average Bonchev–Trinajstić information content (AvgIpc) is 1.98. The number of nitrogens with two attached hydrogens (primary N) is 1. The molecule has 72 valence electrons. The van der Waals surface area contributed by atoms with Crippen molar-refractivity contribution < 1.29 is 8.42 Å². The first-order valence-electron chi connectivity index (χ1n) is 3.53. The van der Waals surface area contributed by atoms with Crippen LogP contribution in [-0.2, 0) is 10.0 Å². The van der Waals surface area contributed by atoms with E-state index < -0.39 is 10.0 Å². The second-order valence-electron chi connectivity index (χ2n) is 2.26. The summed E-state index contributed by atoms with van der Waals surface area (Å²) in [6, 6.07) is 0. The third kappa shape index (κ3) is 6.32. The Hall–Kier alpha value is -0.400. The van der Waals surface area contributed by atoms with Gasteiger partial charge in [0.25, 0.3) is 0 Å². The first-order valence-corrected chi connectivity index (χ1v) is 5.59. The molecule has 0 spiro atoms. The highest BCUT2D eigenvalue weighted by Gasteiger charge is 2.07. The molecule has 0 aliphatic carbocycles. The van der Waals surface area contributed by atoms with Gasteiger partial charge in [-0.2, -0.15) is 0 Å². The van der Waals surface area contributed by atoms with Crippen LogP contribution in [0.1, 0.15) is 19.8 Å². The molecule has 5 nitrogen and oxygen atoms in total. The highest BCUT2D eigenvalue weighted by molar-refractivity contribution is 7.89. The molecule has 0 bridgehead atoms. The van der Waals surface area contributed by atoms with Gasteiger partial charge in [0.2, 0.25) is 10.0 Å². The molecule has 0 aromatic heterocycles. The number of hydrogen-bond donors (Lipinski definition) is 3. The van der Waals surface area contributed by atoms with Gasteiger partial charge in [0.15, 0.2) is 5.11 Å². The van der Waals surface area contributed by atoms with Crippen molar-refractivity contribution in [2.75, 3.05) is 5.75 Å². The molecular weight excluding hydrogens is 198 g/mol. The van der Waals surface area contributed by atoms with E-state index in [9.17, 15) is 8.42 Å². The number of unbranched alkanes of at least 4 members (excludes halogenated alkanes) is 1. The van der Waals surface area contributed by atoms with Gasteiger partial charge in [0.05, 0.1) is 5.75 Å². The maximum atomic E-state index is 11.0. The summed E-state index contributed by atoms with van der Waals surface area (Å²) in [6.07, 6.45) is 1.45. The summed E-state index contributed by atoms with van der Waals surface area (Å²) in [5.41, 5.74) is 7.19. The van der Waals surface area contributed by atoms with E-state index in [4.69, 9.17) is 5.73 Å². The van der Waals surface area contributed by atoms with E-state index >= 15 is 0 Å². The maximum Gasteiger partial charge on any atom is 0.228 e. The van der Waals surface area contributed by atoms with Gasteiger partial charge < -0.3 is 5.73 Å². The second kappa shape index (κ2) is 5.28. The van der Waals surface area contributed by atoms with Crippen molar-refractivity contribution in [1.82, 2.24) is 10.3 Å². The van der Waals surface area contributed by atoms with Crippen LogP contribution < -0.4 is 16.0 Å². The lowest BCUT2D eigenvalue weighted by Gasteiger charge is -2.06. The molecule has 0 aliphatic rings. The summed E-state index contributed by atoms with van der Waals surface area (Å²) in [5.74, 6) is 0.0825. The summed E-state index contributed by atoms with van der Waals surface area (Å²) in [4.78, 5) is 2.05. The minimum absolute atomic E-state index is 0.0825. The molecule has 0 radical (unpaired) electrons. The van der Waals surface area contributed by atoms with E-state index in [-0.39, 0.29) is 10.9 Å². The van der Waals surface area contributed by atoms with Gasteiger partial charge in [0, 0.05) is 0 Å². The molecule has 0 atom stereocenters. The standard InChI is InChI=1S/C5H13N3O2S2/c1-2-3-4-12(9,10)8-7-5(6)11/h8H,2-4H2,1H3,(H3,6,7,11). The Morgan fingerprint density at radius 2 is 2.17 bits per heavy atom. The van der Waals surface area contributed by atoms with Crippen LogP contribution in [0.25, 0.3) is 0 Å². The van der Waals surface area contributed by atoms with Gasteiger partial charge in [-0.05, 0) is 18.6 Å². The normalized spacial score (nSPS) is 11.1. The van der Waals surface area contributed by atoms with E-state index in [1.54, 1.807) is 0 Å². The van der Waals surface area contributed by atoms with Crippen LogP contribution in [0.2, 0.25) is 0 Å². The molecule has 4 N–H and O–H groups in total. The van der Waals surface area contributed by atoms with Gasteiger partial charge >= 0.3 is 0 Å². The molecule has 7 heteroatoms. The number of sulfonamides is 1. The molecule has 0 unspecified atom stereocenters. The summed E-state index contributed by atoms with van der Waals surface area (Å²) >= 11 is 4.42. The SMILES string of the molecule is CCCCS(=O)(=O)NNC(N)=S. The van der Waals surface area contributed by atoms with Gasteiger partial charge in [-0.3, -0.25) is 5.43 Å². The van der Waals surface area contributed by atoms with Crippen LogP contribution in [0.4, 0.5) is 0 Å². The van der Waals surface area contributed by atoms with Crippen molar-refractivity contribution in [3.8, 4) is 0 Å². The molecule has 0 saturated heterocycles. The molecule has 0 aromatic carbocycles. The maximum absolute atomic E-state index is 11.0. The molecule has 12 heavy (non-hydrogen) atoms. The fourth-order valence-electron chi connectivity index (χ4n) is 0.513. The largest absolute Gasteiger partial charge is 0.375 e. The molecule has 0 aliphatic heterocycles. The third-order valence-electron chi connectivity index (χ3n) is 1.10. The molecular formula is C5H13N3O2S2. The Balaban J connectivity index is 3.80. The molecule has 0 rings (SSSR count). The van der Waals surface area contributed by atoms with Crippen molar-refractivity contribution in [2.45, 2.75) is 19.8 Å². The van der Waals surface area contributed by atoms with E-state index in [0.717, 1.165) is 6.42 Å². The van der Waals surface area contributed by atoms with Crippen LogP contribution in [0.15, 0.2) is 0 Å². The van der Waals surface area contributed by atoms with Crippen molar-refractivity contribution in [3.63, 3.8) is 0 Å². The minimum atomic E-state index is -3.27. The van der Waals surface area contributed by atoms with Crippen LogP contribution in [0, 0.1) is 0 Å². The molecule has 0 fully saturated rings. The van der Waals surface area contributed by atoms with Crippen molar-refractivity contribution >= 4 is 27.4 Å². The molecule has 0 amide bonds. The van der Waals surface area contributed by atoms with Gasteiger partial charge in [-0.25, -0.2) is 8.42 Å². The zero-order chi connectivity index (χ0) is 9.61. The molecule has 0 aromatic rings. The van der Waals surface area contributed by atoms with Crippen molar-refractivity contribution in [2.24, 2.45) is 5.73 Å². The average molecular weight is 211 g/mol. The van der Waals surface area contributed by atoms with Crippen molar-refractivity contribution in [1.29, 1.82) is 0 Å². The summed E-state index contributed by atoms with van der Waals surface area (Å²) in [5, 5.41) is -0.0879. The summed E-state index contributed by atoms with van der Waals surface area (Å²) in [6.45, 7) is 1.91. The summed E-state index contributed by atoms with van der Waals surface area (Å²) in [7, 11) is -3.27. The topological polar surface area (TPSA) is 84.2 Å². The van der Waals surface area contributed by atoms with E-state index in [1.165, 1.54) is 0 Å². The van der Waals surface area contributed by atoms with E-state index in [1.807, 2.05) is 11.8 Å². The van der Waals surface area contributed by atoms with Crippen LogP contribution in [-0.4, -0.2) is 19.3 Å². The predicted octanol–water partition coefficient (Wildman–Crippen LogP) is -0.546. The Labute approximate surface area is 77.7 Å².